The van der Waals surface area contributed by atoms with Crippen LogP contribution in [0.4, 0.5) is 5.69 Å². The number of anilines is 1. The number of benzene rings is 1. The summed E-state index contributed by atoms with van der Waals surface area (Å²) in [5, 5.41) is 3.82. The van der Waals surface area contributed by atoms with E-state index in [1.54, 1.807) is 6.08 Å². The Bertz CT molecular complexity index is 312. The van der Waals surface area contributed by atoms with Crippen LogP contribution >= 0.6 is 39.1 Å². The van der Waals surface area contributed by atoms with E-state index in [9.17, 15) is 0 Å². The van der Waals surface area contributed by atoms with Gasteiger partial charge in [0.1, 0.15) is 0 Å². The molecule has 0 heterocycles. The molecular weight excluding hydrogens is 273 g/mol. The largest absolute Gasteiger partial charge is 0.380 e. The summed E-state index contributed by atoms with van der Waals surface area (Å²) in [5.41, 5.74) is 2.37. The van der Waals surface area contributed by atoms with Crippen molar-refractivity contribution in [3.05, 3.63) is 39.3 Å². The normalized spacial score (nSPS) is 10.7. The molecule has 0 spiro atoms. The minimum Gasteiger partial charge on any atom is -0.380 e. The molecule has 0 atom stereocenters. The van der Waals surface area contributed by atoms with Crippen LogP contribution in [0.3, 0.4) is 0 Å². The molecule has 13 heavy (non-hydrogen) atoms. The van der Waals surface area contributed by atoms with Crippen molar-refractivity contribution in [2.24, 2.45) is 0 Å². The fourth-order valence-corrected chi connectivity index (χ4v) is 1.48. The Kier molecular flexibility index (Phi) is 4.64. The first-order valence-corrected chi connectivity index (χ1v) is 5.29. The molecule has 0 aliphatic heterocycles. The van der Waals surface area contributed by atoms with E-state index in [4.69, 9.17) is 23.2 Å². The van der Waals surface area contributed by atoms with Gasteiger partial charge in [-0.05, 0) is 18.2 Å². The van der Waals surface area contributed by atoms with Gasteiger partial charge in [-0.2, -0.15) is 0 Å². The van der Waals surface area contributed by atoms with Crippen LogP contribution in [-0.2, 0) is 0 Å². The minimum atomic E-state index is 0.666. The lowest BCUT2D eigenvalue weighted by Gasteiger charge is -2.05. The Balaban J connectivity index is 2.69. The van der Waals surface area contributed by atoms with Crippen LogP contribution in [0.15, 0.2) is 34.3 Å². The van der Waals surface area contributed by atoms with Gasteiger partial charge < -0.3 is 5.32 Å². The van der Waals surface area contributed by atoms with Gasteiger partial charge in [-0.3, -0.25) is 0 Å². The van der Waals surface area contributed by atoms with E-state index < -0.39 is 0 Å². The Morgan fingerprint density at radius 3 is 2.92 bits per heavy atom. The molecule has 0 saturated heterocycles. The van der Waals surface area contributed by atoms with Gasteiger partial charge in [0, 0.05) is 16.6 Å². The molecule has 0 aliphatic carbocycles. The third-order valence-corrected chi connectivity index (χ3v) is 2.43. The van der Waals surface area contributed by atoms with Crippen LogP contribution < -0.4 is 5.32 Å². The van der Waals surface area contributed by atoms with Crippen molar-refractivity contribution in [3.8, 4) is 0 Å². The van der Waals surface area contributed by atoms with E-state index in [1.807, 2.05) is 18.2 Å². The summed E-state index contributed by atoms with van der Waals surface area (Å²) in [6.07, 6.45) is 1.80. The van der Waals surface area contributed by atoms with Crippen LogP contribution in [0.5, 0.6) is 0 Å². The molecule has 1 nitrogen and oxygen atoms in total. The zero-order valence-corrected chi connectivity index (χ0v) is 9.83. The van der Waals surface area contributed by atoms with Crippen molar-refractivity contribution >= 4 is 44.8 Å². The van der Waals surface area contributed by atoms with Crippen molar-refractivity contribution in [2.75, 3.05) is 11.9 Å². The molecule has 70 valence electrons. The molecule has 1 N–H and O–H groups in total. The van der Waals surface area contributed by atoms with Crippen molar-refractivity contribution in [3.63, 3.8) is 0 Å². The molecule has 0 bridgehead atoms. The van der Waals surface area contributed by atoms with E-state index in [0.29, 0.717) is 11.6 Å². The Morgan fingerprint density at radius 1 is 1.46 bits per heavy atom. The lowest BCUT2D eigenvalue weighted by molar-refractivity contribution is 1.34. The molecule has 1 rings (SSSR count). The average Bonchev–Trinajstić information content (AvgIpc) is 2.11. The molecule has 0 saturated carbocycles. The summed E-state index contributed by atoms with van der Waals surface area (Å²) < 4.78 is 0.995. The summed E-state index contributed by atoms with van der Waals surface area (Å²) in [5.74, 6) is 0. The Labute approximate surface area is 95.9 Å². The van der Waals surface area contributed by atoms with Crippen LogP contribution in [0.25, 0.3) is 0 Å². The van der Waals surface area contributed by atoms with Crippen molar-refractivity contribution in [2.45, 2.75) is 0 Å². The Hall–Kier alpha value is -0.180. The zero-order chi connectivity index (χ0) is 9.68. The third-order valence-electron chi connectivity index (χ3n) is 1.43. The maximum atomic E-state index is 5.93. The van der Waals surface area contributed by atoms with Crippen LogP contribution in [0, 0.1) is 0 Å². The summed E-state index contributed by atoms with van der Waals surface area (Å²) in [7, 11) is 0. The highest BCUT2D eigenvalue weighted by molar-refractivity contribution is 9.10. The molecule has 0 aromatic heterocycles. The number of halogens is 3. The SMILES string of the molecule is Cl/C=C/CNc1cc(Br)ccc1Cl. The summed E-state index contributed by atoms with van der Waals surface area (Å²) in [4.78, 5) is 0. The standard InChI is InChI=1S/C9H8BrCl2N/c10-7-2-3-8(12)9(6-7)13-5-1-4-11/h1-4,6,13H,5H2/b4-1+. The monoisotopic (exact) mass is 279 g/mol. The van der Waals surface area contributed by atoms with Gasteiger partial charge in [0.2, 0.25) is 0 Å². The summed E-state index contributed by atoms with van der Waals surface area (Å²) >= 11 is 14.7. The zero-order valence-electron chi connectivity index (χ0n) is 6.73. The van der Waals surface area contributed by atoms with E-state index >= 15 is 0 Å². The van der Waals surface area contributed by atoms with Crippen LogP contribution in [0.2, 0.25) is 5.02 Å². The lowest BCUT2D eigenvalue weighted by Crippen LogP contribution is -1.98. The second-order valence-corrected chi connectivity index (χ2v) is 3.94. The van der Waals surface area contributed by atoms with Crippen molar-refractivity contribution in [1.29, 1.82) is 0 Å². The quantitative estimate of drug-likeness (QED) is 0.872. The van der Waals surface area contributed by atoms with E-state index in [1.165, 1.54) is 5.54 Å². The highest BCUT2D eigenvalue weighted by Crippen LogP contribution is 2.25. The maximum absolute atomic E-state index is 5.93. The molecule has 0 fully saturated rings. The topological polar surface area (TPSA) is 12.0 Å². The molecule has 0 amide bonds. The molecule has 1 aromatic rings. The fraction of sp³-hybridized carbons (Fsp3) is 0.111. The Morgan fingerprint density at radius 2 is 2.23 bits per heavy atom. The predicted molar refractivity (Wildman–Crippen MR) is 62.6 cm³/mol. The van der Waals surface area contributed by atoms with Crippen LogP contribution in [-0.4, -0.2) is 6.54 Å². The second kappa shape index (κ2) is 5.53. The van der Waals surface area contributed by atoms with Gasteiger partial charge in [0.25, 0.3) is 0 Å². The lowest BCUT2D eigenvalue weighted by atomic mass is 10.3. The number of hydrogen-bond donors (Lipinski definition) is 1. The van der Waals surface area contributed by atoms with Gasteiger partial charge in [-0.25, -0.2) is 0 Å². The molecule has 0 unspecified atom stereocenters. The van der Waals surface area contributed by atoms with Gasteiger partial charge in [-0.15, -0.1) is 0 Å². The summed E-state index contributed by atoms with van der Waals surface area (Å²) in [6, 6.07) is 5.65. The predicted octanol–water partition coefficient (Wildman–Crippen LogP) is 4.27. The maximum Gasteiger partial charge on any atom is 0.0638 e. The minimum absolute atomic E-state index is 0.666. The van der Waals surface area contributed by atoms with Crippen LogP contribution in [0.1, 0.15) is 0 Å². The molecular formula is C9H8BrCl2N. The molecule has 0 aliphatic rings. The van der Waals surface area contributed by atoms with Gasteiger partial charge >= 0.3 is 0 Å². The number of nitrogens with one attached hydrogen (secondary N) is 1. The van der Waals surface area contributed by atoms with Gasteiger partial charge in [0.15, 0.2) is 0 Å². The molecule has 4 heteroatoms. The van der Waals surface area contributed by atoms with E-state index in [-0.39, 0.29) is 0 Å². The van der Waals surface area contributed by atoms with E-state index in [2.05, 4.69) is 21.2 Å². The number of rotatable bonds is 3. The fourth-order valence-electron chi connectivity index (χ4n) is 0.846. The first-order chi connectivity index (χ1) is 6.24. The first-order valence-electron chi connectivity index (χ1n) is 3.68. The van der Waals surface area contributed by atoms with E-state index in [0.717, 1.165) is 10.2 Å². The van der Waals surface area contributed by atoms with Gasteiger partial charge in [0.05, 0.1) is 10.7 Å². The second-order valence-electron chi connectivity index (χ2n) is 2.37. The summed E-state index contributed by atoms with van der Waals surface area (Å²) in [6.45, 7) is 0.666. The smallest absolute Gasteiger partial charge is 0.0638 e. The van der Waals surface area contributed by atoms with Gasteiger partial charge in [-0.1, -0.05) is 45.2 Å². The highest BCUT2D eigenvalue weighted by atomic mass is 79.9. The van der Waals surface area contributed by atoms with Crippen molar-refractivity contribution in [1.82, 2.24) is 0 Å². The average molecular weight is 281 g/mol. The third kappa shape index (κ3) is 3.59. The highest BCUT2D eigenvalue weighted by Gasteiger charge is 1.98. The molecule has 1 aromatic carbocycles. The first kappa shape index (κ1) is 10.9. The number of hydrogen-bond acceptors (Lipinski definition) is 1. The van der Waals surface area contributed by atoms with Crippen molar-refractivity contribution < 1.29 is 0 Å². The molecule has 0 radical (unpaired) electrons.